The van der Waals surface area contributed by atoms with Crippen LogP contribution in [0.5, 0.6) is 17.2 Å². The van der Waals surface area contributed by atoms with Crippen molar-refractivity contribution in [1.82, 2.24) is 21.3 Å². The molecule has 3 rings (SSSR count). The Morgan fingerprint density at radius 1 is 0.608 bits per heavy atom. The number of carboxylic acids is 1. The lowest BCUT2D eigenvalue weighted by molar-refractivity contribution is -0.142. The molecule has 0 bridgehead atoms. The minimum atomic E-state index is -1.70. The van der Waals surface area contributed by atoms with Crippen LogP contribution in [0.2, 0.25) is 0 Å². The maximum Gasteiger partial charge on any atom is 0.330 e. The molecule has 3 aromatic rings. The van der Waals surface area contributed by atoms with E-state index in [4.69, 9.17) is 17.2 Å². The number of phenolic OH excluding ortho intramolecular Hbond substituents is 3. The molecule has 4 amide bonds. The number of hydrogen-bond acceptors (Lipinski definition) is 11. The van der Waals surface area contributed by atoms with Gasteiger partial charge < -0.3 is 64.0 Å². The molecule has 0 unspecified atom stereocenters. The number of amides is 4. The molecule has 0 radical (unpaired) electrons. The molecule has 18 heteroatoms. The normalized spacial score (nSPS) is 13.7. The lowest BCUT2D eigenvalue weighted by atomic mass is 10.0. The highest BCUT2D eigenvalue weighted by Gasteiger charge is 2.33. The number of carboxylic acid groups (broad SMARTS) is 1. The highest BCUT2D eigenvalue weighted by molar-refractivity contribution is 5.96. The van der Waals surface area contributed by atoms with Gasteiger partial charge in [0.05, 0.1) is 6.61 Å². The lowest BCUT2D eigenvalue weighted by Gasteiger charge is -2.26. The fourth-order valence-electron chi connectivity index (χ4n) is 4.72. The van der Waals surface area contributed by atoms with Crippen LogP contribution in [-0.4, -0.2) is 86.3 Å². The number of aliphatic carboxylic acids is 1. The second kappa shape index (κ2) is 18.4. The number of aliphatic hydroxyl groups excluding tert-OH is 1. The summed E-state index contributed by atoms with van der Waals surface area (Å²) in [5.41, 5.74) is 17.4. The lowest BCUT2D eigenvalue weighted by Crippen LogP contribution is -2.55. The molecule has 0 aliphatic heterocycles. The Bertz CT molecular complexity index is 1700. The molecule has 15 N–H and O–H groups in total. The average Bonchev–Trinajstić information content (AvgIpc) is 3.10. The van der Waals surface area contributed by atoms with Crippen molar-refractivity contribution in [3.63, 3.8) is 0 Å². The summed E-state index contributed by atoms with van der Waals surface area (Å²) in [6.45, 7) is -0.892. The van der Waals surface area contributed by atoms with Gasteiger partial charge in [-0.3, -0.25) is 24.2 Å². The zero-order valence-corrected chi connectivity index (χ0v) is 27.1. The predicted octanol–water partition coefficient (Wildman–Crippen LogP) is -1.38. The quantitative estimate of drug-likeness (QED) is 0.0437. The number of aliphatic imine (C=N–C) groups is 1. The van der Waals surface area contributed by atoms with Gasteiger partial charge >= 0.3 is 5.97 Å². The van der Waals surface area contributed by atoms with Gasteiger partial charge in [0.15, 0.2) is 12.0 Å². The van der Waals surface area contributed by atoms with Gasteiger partial charge in [-0.25, -0.2) is 4.79 Å². The molecule has 5 atom stereocenters. The van der Waals surface area contributed by atoms with Crippen LogP contribution in [0.25, 0.3) is 0 Å². The van der Waals surface area contributed by atoms with E-state index in [1.54, 1.807) is 0 Å². The molecule has 0 saturated heterocycles. The molecular formula is C33H40N8O10. The number of phenols is 3. The van der Waals surface area contributed by atoms with Gasteiger partial charge in [0, 0.05) is 6.54 Å². The minimum Gasteiger partial charge on any atom is -0.508 e. The number of carbonyl (C=O) groups excluding carboxylic acids is 4. The summed E-state index contributed by atoms with van der Waals surface area (Å²) >= 11 is 0. The van der Waals surface area contributed by atoms with Crippen molar-refractivity contribution in [3.8, 4) is 17.2 Å². The van der Waals surface area contributed by atoms with Gasteiger partial charge in [0.2, 0.25) is 23.6 Å². The molecule has 0 aliphatic carbocycles. The highest BCUT2D eigenvalue weighted by atomic mass is 16.4. The standard InChI is InChI=1S/C33H40N8O10/c34-25(17-3-9-20(43)10-4-17)30(48)38-23(2-1-15-37-33(35)36)28(46)40-26(18-5-11-21(44)12-6-18)31(49)39-24(16-42)29(47)41-27(32(50)51)19-7-13-22(45)14-8-19/h3-14,23-27,42-45H,1-2,15-16,34H2,(H,38,48)(H,39,49)(H,40,46)(H,41,47)(H,50,51)(H4,35,36,37)/t23-,24-,25-,26+,27-/m0/s1. The number of nitrogens with one attached hydrogen (secondary N) is 4. The molecular weight excluding hydrogens is 668 g/mol. The Hall–Kier alpha value is -6.40. The SMILES string of the molecule is NC(N)=NCCC[C@H](NC(=O)[C@@H](N)c1ccc(O)cc1)C(=O)N[C@@H](C(=O)N[C@@H](CO)C(=O)N[C@H](C(=O)O)c1ccc(O)cc1)c1ccc(O)cc1. The van der Waals surface area contributed by atoms with Crippen molar-refractivity contribution in [3.05, 3.63) is 89.5 Å². The van der Waals surface area contributed by atoms with Crippen LogP contribution in [0.3, 0.4) is 0 Å². The summed E-state index contributed by atoms with van der Waals surface area (Å²) in [7, 11) is 0. The summed E-state index contributed by atoms with van der Waals surface area (Å²) in [5.74, 6) is -5.78. The Kier molecular flexibility index (Phi) is 14.1. The van der Waals surface area contributed by atoms with E-state index in [0.29, 0.717) is 5.56 Å². The second-order valence-electron chi connectivity index (χ2n) is 11.2. The van der Waals surface area contributed by atoms with E-state index < -0.39 is 66.4 Å². The molecule has 51 heavy (non-hydrogen) atoms. The average molecular weight is 709 g/mol. The predicted molar refractivity (Wildman–Crippen MR) is 182 cm³/mol. The number of nitrogens with two attached hydrogens (primary N) is 3. The Labute approximate surface area is 291 Å². The van der Waals surface area contributed by atoms with Gasteiger partial charge in [-0.05, 0) is 65.9 Å². The van der Waals surface area contributed by atoms with Crippen molar-refractivity contribution in [2.24, 2.45) is 22.2 Å². The largest absolute Gasteiger partial charge is 0.508 e. The molecule has 0 saturated carbocycles. The number of guanidine groups is 1. The van der Waals surface area contributed by atoms with Gasteiger partial charge in [0.25, 0.3) is 0 Å². The maximum atomic E-state index is 13.7. The van der Waals surface area contributed by atoms with Crippen molar-refractivity contribution < 1.29 is 49.5 Å². The van der Waals surface area contributed by atoms with E-state index in [1.165, 1.54) is 72.8 Å². The van der Waals surface area contributed by atoms with Crippen LogP contribution in [0.1, 0.15) is 47.7 Å². The topological polar surface area (TPSA) is 325 Å². The van der Waals surface area contributed by atoms with Gasteiger partial charge in [0.1, 0.15) is 41.4 Å². The number of rotatable bonds is 17. The summed E-state index contributed by atoms with van der Waals surface area (Å²) < 4.78 is 0. The van der Waals surface area contributed by atoms with Crippen molar-refractivity contribution in [2.45, 2.75) is 43.1 Å². The number of benzene rings is 3. The first kappa shape index (κ1) is 39.0. The molecule has 272 valence electrons. The highest BCUT2D eigenvalue weighted by Crippen LogP contribution is 2.21. The van der Waals surface area contributed by atoms with E-state index in [-0.39, 0.29) is 53.7 Å². The van der Waals surface area contributed by atoms with E-state index >= 15 is 0 Å². The smallest absolute Gasteiger partial charge is 0.330 e. The third-order valence-corrected chi connectivity index (χ3v) is 7.46. The number of carbonyl (C=O) groups is 5. The van der Waals surface area contributed by atoms with Gasteiger partial charge in [-0.15, -0.1) is 0 Å². The third kappa shape index (κ3) is 11.6. The van der Waals surface area contributed by atoms with Crippen LogP contribution >= 0.6 is 0 Å². The van der Waals surface area contributed by atoms with Crippen molar-refractivity contribution in [2.75, 3.05) is 13.2 Å². The number of hydrogen-bond donors (Lipinski definition) is 12. The second-order valence-corrected chi connectivity index (χ2v) is 11.2. The summed E-state index contributed by atoms with van der Waals surface area (Å²) in [6, 6.07) is 8.11. The number of nitrogens with zero attached hydrogens (tertiary/aromatic N) is 1. The molecule has 18 nitrogen and oxygen atoms in total. The molecule has 0 aromatic heterocycles. The van der Waals surface area contributed by atoms with Crippen molar-refractivity contribution in [1.29, 1.82) is 0 Å². The zero-order chi connectivity index (χ0) is 37.7. The first-order valence-corrected chi connectivity index (χ1v) is 15.4. The fourth-order valence-corrected chi connectivity index (χ4v) is 4.72. The van der Waals surface area contributed by atoms with Crippen LogP contribution in [-0.2, 0) is 24.0 Å². The molecule has 3 aromatic carbocycles. The first-order chi connectivity index (χ1) is 24.2. The zero-order valence-electron chi connectivity index (χ0n) is 27.1. The number of aliphatic hydroxyl groups is 1. The molecule has 0 fully saturated rings. The van der Waals surface area contributed by atoms with Gasteiger partial charge in [-0.1, -0.05) is 36.4 Å². The Balaban J connectivity index is 1.85. The maximum absolute atomic E-state index is 13.7. The van der Waals surface area contributed by atoms with Crippen LogP contribution in [0, 0.1) is 0 Å². The Morgan fingerprint density at radius 2 is 1.04 bits per heavy atom. The minimum absolute atomic E-state index is 0.0317. The van der Waals surface area contributed by atoms with E-state index in [1.807, 2.05) is 0 Å². The summed E-state index contributed by atoms with van der Waals surface area (Å²) in [6.07, 6.45) is 0.162. The first-order valence-electron chi connectivity index (χ1n) is 15.4. The van der Waals surface area contributed by atoms with Crippen LogP contribution < -0.4 is 38.5 Å². The summed E-state index contributed by atoms with van der Waals surface area (Å²) in [4.78, 5) is 69.4. The fraction of sp³-hybridized carbons (Fsp3) is 0.273. The van der Waals surface area contributed by atoms with E-state index in [2.05, 4.69) is 26.3 Å². The molecule has 0 heterocycles. The molecule has 0 aliphatic rings. The van der Waals surface area contributed by atoms with Crippen LogP contribution in [0.4, 0.5) is 0 Å². The van der Waals surface area contributed by atoms with Crippen LogP contribution in [0.15, 0.2) is 77.8 Å². The van der Waals surface area contributed by atoms with Crippen molar-refractivity contribution >= 4 is 35.6 Å². The van der Waals surface area contributed by atoms with E-state index in [0.717, 1.165) is 0 Å². The number of aromatic hydroxyl groups is 3. The Morgan fingerprint density at radius 3 is 1.51 bits per heavy atom. The monoisotopic (exact) mass is 708 g/mol. The van der Waals surface area contributed by atoms with Gasteiger partial charge in [-0.2, -0.15) is 0 Å². The third-order valence-electron chi connectivity index (χ3n) is 7.46. The van der Waals surface area contributed by atoms with E-state index in [9.17, 15) is 49.5 Å². The summed E-state index contributed by atoms with van der Waals surface area (Å²) in [5, 5.41) is 58.2. The molecule has 0 spiro atoms.